The minimum Gasteiger partial charge on any atom is -0.481 e. The lowest BCUT2D eigenvalue weighted by atomic mass is 9.80. The summed E-state index contributed by atoms with van der Waals surface area (Å²) in [6.45, 7) is 0. The zero-order chi connectivity index (χ0) is 30.1. The zero-order valence-electron chi connectivity index (χ0n) is 22.2. The van der Waals surface area contributed by atoms with E-state index >= 15 is 0 Å². The summed E-state index contributed by atoms with van der Waals surface area (Å²) in [6, 6.07) is 15.9. The van der Waals surface area contributed by atoms with Crippen LogP contribution in [0.15, 0.2) is 72.9 Å². The number of carboxylic acid groups (broad SMARTS) is 1. The molecule has 3 aromatic rings. The molecule has 2 aliphatic rings. The number of carbonyl (C=O) groups is 2. The van der Waals surface area contributed by atoms with Crippen molar-refractivity contribution in [3.63, 3.8) is 0 Å². The number of ether oxygens (including phenoxy) is 1. The Balaban J connectivity index is 1.58. The summed E-state index contributed by atoms with van der Waals surface area (Å²) in [5.41, 5.74) is -0.346. The van der Waals surface area contributed by atoms with Crippen molar-refractivity contribution in [2.75, 3.05) is 0 Å². The zero-order valence-corrected chi connectivity index (χ0v) is 22.9. The van der Waals surface area contributed by atoms with Gasteiger partial charge in [0.1, 0.15) is 11.3 Å². The molecule has 2 bridgehead atoms. The molecule has 2 aromatic carbocycles. The van der Waals surface area contributed by atoms with E-state index in [2.05, 4.69) is 20.4 Å². The van der Waals surface area contributed by atoms with Crippen LogP contribution in [-0.2, 0) is 16.8 Å². The summed E-state index contributed by atoms with van der Waals surface area (Å²) >= 11 is 6.10. The largest absolute Gasteiger partial charge is 0.481 e. The number of pyridine rings is 1. The first kappa shape index (κ1) is 29.6. The first-order chi connectivity index (χ1) is 20.0. The fourth-order valence-corrected chi connectivity index (χ4v) is 6.43. The summed E-state index contributed by atoms with van der Waals surface area (Å²) in [4.78, 5) is 30.3. The summed E-state index contributed by atoms with van der Waals surface area (Å²) in [6.07, 6.45) is -5.12. The lowest BCUT2D eigenvalue weighted by Gasteiger charge is -2.37. The number of aromatic nitrogens is 1. The number of hydrogen-bond donors (Lipinski definition) is 3. The number of nitrogens with zero attached hydrogens (tertiary/aromatic N) is 1. The molecule has 0 saturated heterocycles. The second-order valence-electron chi connectivity index (χ2n) is 10.7. The molecule has 42 heavy (non-hydrogen) atoms. The van der Waals surface area contributed by atoms with Gasteiger partial charge in [0, 0.05) is 18.7 Å². The van der Waals surface area contributed by atoms with E-state index in [1.807, 2.05) is 0 Å². The van der Waals surface area contributed by atoms with E-state index in [1.165, 1.54) is 18.3 Å². The SMILES string of the molecule is O=C(N[C@H]1[C@@H]2CC[C@@H](C2)[C@H]1C(=O)O)N[C@@](Cc1ccccc1)(c1cccc(OC(F)(F)C(F)F)c1)c1ccc(Cl)cn1. The summed E-state index contributed by atoms with van der Waals surface area (Å²) in [5.74, 6) is -2.29. The van der Waals surface area contributed by atoms with E-state index in [0.717, 1.165) is 30.5 Å². The van der Waals surface area contributed by atoms with E-state index < -0.39 is 47.8 Å². The third kappa shape index (κ3) is 6.01. The van der Waals surface area contributed by atoms with Gasteiger partial charge in [-0.15, -0.1) is 0 Å². The molecule has 7 nitrogen and oxygen atoms in total. The molecule has 12 heteroatoms. The Bertz CT molecular complexity index is 1430. The van der Waals surface area contributed by atoms with Crippen LogP contribution in [0.2, 0.25) is 5.02 Å². The van der Waals surface area contributed by atoms with Crippen LogP contribution in [0.4, 0.5) is 22.4 Å². The molecular weight excluding hydrogens is 578 g/mol. The fraction of sp³-hybridized carbons (Fsp3) is 0.367. The minimum atomic E-state index is -4.75. The molecule has 2 fully saturated rings. The Morgan fingerprint density at radius 3 is 2.45 bits per heavy atom. The molecule has 1 aromatic heterocycles. The number of nitrogens with one attached hydrogen (secondary N) is 2. The van der Waals surface area contributed by atoms with E-state index in [0.29, 0.717) is 11.4 Å². The van der Waals surface area contributed by atoms with Gasteiger partial charge >= 0.3 is 24.5 Å². The maximum Gasteiger partial charge on any atom is 0.461 e. The second-order valence-corrected chi connectivity index (χ2v) is 11.2. The van der Waals surface area contributed by atoms with Crippen molar-refractivity contribution in [2.45, 2.75) is 49.8 Å². The lowest BCUT2D eigenvalue weighted by molar-refractivity contribution is -0.253. The average Bonchev–Trinajstić information content (AvgIpc) is 3.55. The van der Waals surface area contributed by atoms with Crippen LogP contribution in [0.1, 0.15) is 36.1 Å². The highest BCUT2D eigenvalue weighted by Crippen LogP contribution is 2.48. The predicted octanol–water partition coefficient (Wildman–Crippen LogP) is 6.26. The topological polar surface area (TPSA) is 101 Å². The quantitative estimate of drug-likeness (QED) is 0.237. The maximum absolute atomic E-state index is 13.9. The number of halogens is 5. The van der Waals surface area contributed by atoms with Crippen molar-refractivity contribution in [3.05, 3.63) is 94.8 Å². The fourth-order valence-electron chi connectivity index (χ4n) is 6.31. The van der Waals surface area contributed by atoms with Crippen LogP contribution in [0.25, 0.3) is 0 Å². The predicted molar refractivity (Wildman–Crippen MR) is 146 cm³/mol. The van der Waals surface area contributed by atoms with Crippen molar-refractivity contribution in [1.82, 2.24) is 15.6 Å². The van der Waals surface area contributed by atoms with Crippen LogP contribution in [0, 0.1) is 17.8 Å². The van der Waals surface area contributed by atoms with Gasteiger partial charge in [0.25, 0.3) is 0 Å². The Hall–Kier alpha value is -3.86. The van der Waals surface area contributed by atoms with Crippen molar-refractivity contribution < 1.29 is 37.0 Å². The van der Waals surface area contributed by atoms with Gasteiger partial charge in [0.05, 0.1) is 16.6 Å². The van der Waals surface area contributed by atoms with Crippen LogP contribution in [0.5, 0.6) is 5.75 Å². The van der Waals surface area contributed by atoms with E-state index in [9.17, 15) is 32.3 Å². The van der Waals surface area contributed by atoms with Crippen LogP contribution in [0.3, 0.4) is 0 Å². The number of fused-ring (bicyclic) bond motifs is 2. The first-order valence-electron chi connectivity index (χ1n) is 13.4. The molecule has 2 amide bonds. The van der Waals surface area contributed by atoms with E-state index in [4.69, 9.17) is 11.6 Å². The Morgan fingerprint density at radius 1 is 1.05 bits per heavy atom. The summed E-state index contributed by atoms with van der Waals surface area (Å²) < 4.78 is 58.0. The lowest BCUT2D eigenvalue weighted by Crippen LogP contribution is -2.57. The number of urea groups is 1. The van der Waals surface area contributed by atoms with Gasteiger partial charge in [-0.3, -0.25) is 9.78 Å². The molecule has 5 atom stereocenters. The number of carboxylic acids is 1. The molecule has 3 N–H and O–H groups in total. The van der Waals surface area contributed by atoms with Crippen molar-refractivity contribution >= 4 is 23.6 Å². The molecule has 0 aliphatic heterocycles. The molecular formula is C30H28ClF4N3O4. The van der Waals surface area contributed by atoms with Crippen LogP contribution in [-0.4, -0.2) is 40.7 Å². The van der Waals surface area contributed by atoms with Gasteiger partial charge in [-0.1, -0.05) is 54.1 Å². The Labute approximate surface area is 244 Å². The Kier molecular flexibility index (Phi) is 8.32. The van der Waals surface area contributed by atoms with Gasteiger partial charge in [0.15, 0.2) is 0 Å². The third-order valence-electron chi connectivity index (χ3n) is 8.14. The monoisotopic (exact) mass is 605 g/mol. The van der Waals surface area contributed by atoms with E-state index in [-0.39, 0.29) is 29.5 Å². The highest BCUT2D eigenvalue weighted by molar-refractivity contribution is 6.30. The number of rotatable bonds is 10. The van der Waals surface area contributed by atoms with Crippen molar-refractivity contribution in [3.8, 4) is 5.75 Å². The molecule has 222 valence electrons. The average molecular weight is 606 g/mol. The smallest absolute Gasteiger partial charge is 0.461 e. The number of benzene rings is 2. The number of hydrogen-bond acceptors (Lipinski definition) is 4. The van der Waals surface area contributed by atoms with Crippen molar-refractivity contribution in [2.24, 2.45) is 17.8 Å². The van der Waals surface area contributed by atoms with Crippen LogP contribution < -0.4 is 15.4 Å². The standard InChI is InChI=1S/C30H28ClF4N3O4/c31-21-11-12-23(36-16-21)29(15-17-5-2-1-3-6-17,20-7-4-8-22(14-20)42-30(34,35)27(32)33)38-28(41)37-25-19-10-9-18(13-19)24(25)26(39)40/h1-8,11-12,14,16,18-19,24-25,27H,9-10,13,15H2,(H,39,40)(H2,37,38,41)/t18-,19+,24+,25-,29-/m0/s1. The minimum absolute atomic E-state index is 0.00679. The van der Waals surface area contributed by atoms with Crippen LogP contribution >= 0.6 is 11.6 Å². The molecule has 5 rings (SSSR count). The molecule has 0 radical (unpaired) electrons. The number of amides is 2. The third-order valence-corrected chi connectivity index (χ3v) is 8.36. The molecule has 2 saturated carbocycles. The van der Waals surface area contributed by atoms with Gasteiger partial charge in [0.2, 0.25) is 0 Å². The second kappa shape index (κ2) is 11.8. The van der Waals surface area contributed by atoms with E-state index in [1.54, 1.807) is 42.5 Å². The number of carbonyl (C=O) groups excluding carboxylic acids is 1. The number of aliphatic carboxylic acids is 1. The maximum atomic E-state index is 13.9. The van der Waals surface area contributed by atoms with Gasteiger partial charge in [-0.25, -0.2) is 4.79 Å². The highest BCUT2D eigenvalue weighted by atomic mass is 35.5. The van der Waals surface area contributed by atoms with Crippen molar-refractivity contribution in [1.29, 1.82) is 0 Å². The molecule has 2 aliphatic carbocycles. The summed E-state index contributed by atoms with van der Waals surface area (Å²) in [7, 11) is 0. The number of alkyl halides is 4. The van der Waals surface area contributed by atoms with Gasteiger partial charge < -0.3 is 20.5 Å². The van der Waals surface area contributed by atoms with Gasteiger partial charge in [-0.2, -0.15) is 17.6 Å². The first-order valence-corrected chi connectivity index (χ1v) is 13.8. The molecule has 1 heterocycles. The Morgan fingerprint density at radius 2 is 1.79 bits per heavy atom. The highest BCUT2D eigenvalue weighted by Gasteiger charge is 2.52. The van der Waals surface area contributed by atoms with Gasteiger partial charge in [-0.05, 0) is 66.5 Å². The molecule has 0 spiro atoms. The molecule has 0 unspecified atom stereocenters. The summed E-state index contributed by atoms with van der Waals surface area (Å²) in [5, 5.41) is 16.0. The normalized spacial score (nSPS) is 22.9.